The summed E-state index contributed by atoms with van der Waals surface area (Å²) in [6.45, 7) is 5.12. The summed E-state index contributed by atoms with van der Waals surface area (Å²) < 4.78 is 23.3. The predicted octanol–water partition coefficient (Wildman–Crippen LogP) is 0.958. The molecule has 0 aromatic rings. The van der Waals surface area contributed by atoms with Gasteiger partial charge in [-0.1, -0.05) is 0 Å². The first kappa shape index (κ1) is 9.78. The largest absolute Gasteiger partial charge is 0.373 e. The summed E-state index contributed by atoms with van der Waals surface area (Å²) in [6, 6.07) is 0. The molecule has 0 saturated carbocycles. The van der Waals surface area contributed by atoms with Crippen molar-refractivity contribution in [3.8, 4) is 0 Å². The van der Waals surface area contributed by atoms with Crippen molar-refractivity contribution in [2.45, 2.75) is 39.0 Å². The summed E-state index contributed by atoms with van der Waals surface area (Å²) in [4.78, 5) is 0. The Hall–Kier alpha value is -0.220. The molecule has 4 heteroatoms. The Morgan fingerprint density at radius 2 is 1.70 bits per heavy atom. The molecule has 2 nitrogen and oxygen atoms in total. The Morgan fingerprint density at radius 3 is 1.80 bits per heavy atom. The van der Waals surface area contributed by atoms with Crippen molar-refractivity contribution in [3.63, 3.8) is 0 Å². The van der Waals surface area contributed by atoms with E-state index < -0.39 is 18.2 Å². The zero-order valence-corrected chi connectivity index (χ0v) is 6.36. The van der Waals surface area contributed by atoms with Crippen LogP contribution in [0.25, 0.3) is 0 Å². The van der Waals surface area contributed by atoms with Crippen LogP contribution in [-0.2, 0) is 0 Å². The summed E-state index contributed by atoms with van der Waals surface area (Å²) in [7, 11) is 0. The lowest BCUT2D eigenvalue weighted by Crippen LogP contribution is -2.47. The highest BCUT2D eigenvalue weighted by atomic mass is 19.3. The van der Waals surface area contributed by atoms with E-state index in [2.05, 4.69) is 5.32 Å². The standard InChI is InChI=1S/C6H13F2NO/c1-6(2,3)9-5(10)4(7)8/h4-5,9-10H,1-3H3. The lowest BCUT2D eigenvalue weighted by Gasteiger charge is -2.24. The maximum absolute atomic E-state index is 11.6. The molecule has 0 radical (unpaired) electrons. The normalized spacial score (nSPS) is 15.9. The molecule has 0 aromatic heterocycles. The molecular weight excluding hydrogens is 140 g/mol. The van der Waals surface area contributed by atoms with Gasteiger partial charge in [-0.05, 0) is 20.8 Å². The van der Waals surface area contributed by atoms with Crippen LogP contribution in [0.5, 0.6) is 0 Å². The highest BCUT2D eigenvalue weighted by Crippen LogP contribution is 2.04. The van der Waals surface area contributed by atoms with E-state index in [0.717, 1.165) is 0 Å². The molecule has 0 heterocycles. The highest BCUT2D eigenvalue weighted by molar-refractivity contribution is 4.72. The Morgan fingerprint density at radius 1 is 1.30 bits per heavy atom. The fourth-order valence-electron chi connectivity index (χ4n) is 0.507. The molecule has 0 rings (SSSR count). The minimum Gasteiger partial charge on any atom is -0.373 e. The molecule has 0 spiro atoms. The van der Waals surface area contributed by atoms with Crippen molar-refractivity contribution in [1.82, 2.24) is 5.32 Å². The number of aliphatic hydroxyl groups is 1. The Kier molecular flexibility index (Phi) is 3.18. The molecule has 0 aliphatic rings. The fraction of sp³-hybridized carbons (Fsp3) is 1.00. The topological polar surface area (TPSA) is 32.3 Å². The Balaban J connectivity index is 3.68. The summed E-state index contributed by atoms with van der Waals surface area (Å²) >= 11 is 0. The average molecular weight is 153 g/mol. The number of aliphatic hydroxyl groups excluding tert-OH is 1. The van der Waals surface area contributed by atoms with Crippen molar-refractivity contribution in [3.05, 3.63) is 0 Å². The lowest BCUT2D eigenvalue weighted by atomic mass is 10.1. The van der Waals surface area contributed by atoms with E-state index in [0.29, 0.717) is 0 Å². The van der Waals surface area contributed by atoms with Gasteiger partial charge in [0.25, 0.3) is 6.43 Å². The molecule has 0 aliphatic carbocycles. The number of alkyl halides is 2. The minimum absolute atomic E-state index is 0.476. The number of nitrogens with one attached hydrogen (secondary N) is 1. The zero-order valence-electron chi connectivity index (χ0n) is 6.36. The molecule has 0 amide bonds. The van der Waals surface area contributed by atoms with Crippen molar-refractivity contribution in [2.24, 2.45) is 0 Å². The van der Waals surface area contributed by atoms with Gasteiger partial charge in [0.2, 0.25) is 0 Å². The van der Waals surface area contributed by atoms with Gasteiger partial charge < -0.3 is 5.11 Å². The van der Waals surface area contributed by atoms with Crippen LogP contribution in [-0.4, -0.2) is 23.3 Å². The monoisotopic (exact) mass is 153 g/mol. The Labute approximate surface area is 59.2 Å². The maximum atomic E-state index is 11.6. The fourth-order valence-corrected chi connectivity index (χ4v) is 0.507. The molecule has 10 heavy (non-hydrogen) atoms. The summed E-state index contributed by atoms with van der Waals surface area (Å²) in [5.41, 5.74) is -0.476. The van der Waals surface area contributed by atoms with Crippen LogP contribution in [0, 0.1) is 0 Å². The van der Waals surface area contributed by atoms with Crippen LogP contribution in [0.4, 0.5) is 8.78 Å². The summed E-state index contributed by atoms with van der Waals surface area (Å²) in [5, 5.41) is 10.9. The smallest absolute Gasteiger partial charge is 0.277 e. The van der Waals surface area contributed by atoms with Crippen LogP contribution in [0.15, 0.2) is 0 Å². The lowest BCUT2D eigenvalue weighted by molar-refractivity contribution is -0.0373. The first-order chi connectivity index (χ1) is 4.33. The van der Waals surface area contributed by atoms with Gasteiger partial charge >= 0.3 is 0 Å². The van der Waals surface area contributed by atoms with E-state index in [1.165, 1.54) is 0 Å². The molecular formula is C6H13F2NO. The Bertz CT molecular complexity index is 100. The molecule has 0 fully saturated rings. The van der Waals surface area contributed by atoms with E-state index in [1.807, 2.05) is 0 Å². The summed E-state index contributed by atoms with van der Waals surface area (Å²) in [6.07, 6.45) is -4.45. The third-order valence-electron chi connectivity index (χ3n) is 0.820. The average Bonchev–Trinajstić information content (AvgIpc) is 1.60. The van der Waals surface area contributed by atoms with Crippen LogP contribution in [0.1, 0.15) is 20.8 Å². The molecule has 0 aliphatic heterocycles. The second-order valence-corrected chi connectivity index (χ2v) is 3.17. The van der Waals surface area contributed by atoms with Crippen molar-refractivity contribution < 1.29 is 13.9 Å². The quantitative estimate of drug-likeness (QED) is 0.579. The number of hydrogen-bond donors (Lipinski definition) is 2. The number of hydrogen-bond acceptors (Lipinski definition) is 2. The van der Waals surface area contributed by atoms with Crippen LogP contribution in [0.3, 0.4) is 0 Å². The van der Waals surface area contributed by atoms with E-state index >= 15 is 0 Å². The van der Waals surface area contributed by atoms with Gasteiger partial charge in [0.15, 0.2) is 6.23 Å². The number of rotatable bonds is 2. The van der Waals surface area contributed by atoms with Gasteiger partial charge in [-0.15, -0.1) is 0 Å². The SMILES string of the molecule is CC(C)(C)NC(O)C(F)F. The maximum Gasteiger partial charge on any atom is 0.277 e. The molecule has 1 unspecified atom stereocenters. The summed E-state index contributed by atoms with van der Waals surface area (Å²) in [5.74, 6) is 0. The third-order valence-corrected chi connectivity index (χ3v) is 0.820. The minimum atomic E-state index is -2.72. The van der Waals surface area contributed by atoms with Gasteiger partial charge in [0.1, 0.15) is 0 Å². The predicted molar refractivity (Wildman–Crippen MR) is 34.9 cm³/mol. The molecule has 0 saturated heterocycles. The molecule has 62 valence electrons. The van der Waals surface area contributed by atoms with E-state index in [4.69, 9.17) is 5.11 Å². The number of halogens is 2. The van der Waals surface area contributed by atoms with E-state index in [9.17, 15) is 8.78 Å². The molecule has 0 bridgehead atoms. The second-order valence-electron chi connectivity index (χ2n) is 3.17. The van der Waals surface area contributed by atoms with Crippen molar-refractivity contribution >= 4 is 0 Å². The van der Waals surface area contributed by atoms with Crippen LogP contribution >= 0.6 is 0 Å². The molecule has 0 aromatic carbocycles. The second kappa shape index (κ2) is 3.25. The van der Waals surface area contributed by atoms with Crippen molar-refractivity contribution in [2.75, 3.05) is 0 Å². The van der Waals surface area contributed by atoms with Gasteiger partial charge in [-0.25, -0.2) is 8.78 Å². The van der Waals surface area contributed by atoms with Crippen LogP contribution in [0.2, 0.25) is 0 Å². The first-order valence-corrected chi connectivity index (χ1v) is 3.07. The van der Waals surface area contributed by atoms with Gasteiger partial charge in [0, 0.05) is 5.54 Å². The van der Waals surface area contributed by atoms with Gasteiger partial charge in [-0.3, -0.25) is 5.32 Å². The third kappa shape index (κ3) is 4.64. The highest BCUT2D eigenvalue weighted by Gasteiger charge is 2.21. The van der Waals surface area contributed by atoms with E-state index in [1.54, 1.807) is 20.8 Å². The van der Waals surface area contributed by atoms with Gasteiger partial charge in [-0.2, -0.15) is 0 Å². The van der Waals surface area contributed by atoms with E-state index in [-0.39, 0.29) is 0 Å². The molecule has 2 N–H and O–H groups in total. The molecule has 1 atom stereocenters. The van der Waals surface area contributed by atoms with Crippen LogP contribution < -0.4 is 5.32 Å². The zero-order chi connectivity index (χ0) is 8.36. The van der Waals surface area contributed by atoms with Crippen molar-refractivity contribution in [1.29, 1.82) is 0 Å². The first-order valence-electron chi connectivity index (χ1n) is 3.07. The van der Waals surface area contributed by atoms with Gasteiger partial charge in [0.05, 0.1) is 0 Å².